The van der Waals surface area contributed by atoms with E-state index in [1.54, 1.807) is 29.3 Å². The number of phenolic OH excluding ortho intramolecular Hbond substituents is 1. The van der Waals surface area contributed by atoms with Gasteiger partial charge >= 0.3 is 6.03 Å². The number of carbonyl (C=O) groups is 1. The van der Waals surface area contributed by atoms with Crippen molar-refractivity contribution < 1.29 is 9.90 Å². The molecule has 0 atom stereocenters. The number of rotatable bonds is 3. The molecular formula is C18H23N5O2. The van der Waals surface area contributed by atoms with Gasteiger partial charge in [0.1, 0.15) is 11.6 Å². The maximum Gasteiger partial charge on any atom is 0.323 e. The Morgan fingerprint density at radius 3 is 2.44 bits per heavy atom. The zero-order chi connectivity index (χ0) is 17.8. The van der Waals surface area contributed by atoms with E-state index in [1.165, 1.54) is 0 Å². The number of anilines is 3. The standard InChI is InChI=1S/C18H23N5O2/c1-21(2)14-7-8-17(19-13-14)20-18(25)23-11-9-22(10-12-23)15-5-3-4-6-16(15)24/h3-8,13,24H,9-12H2,1-2H3,(H,19,20,25). The van der Waals surface area contributed by atoms with E-state index in [9.17, 15) is 9.90 Å². The van der Waals surface area contributed by atoms with E-state index in [0.29, 0.717) is 32.0 Å². The lowest BCUT2D eigenvalue weighted by molar-refractivity contribution is 0.208. The average molecular weight is 341 g/mol. The molecular weight excluding hydrogens is 318 g/mol. The number of hydrogen-bond donors (Lipinski definition) is 2. The Hall–Kier alpha value is -2.96. The van der Waals surface area contributed by atoms with Crippen molar-refractivity contribution in [1.82, 2.24) is 9.88 Å². The van der Waals surface area contributed by atoms with Crippen LogP contribution in [0.1, 0.15) is 0 Å². The van der Waals surface area contributed by atoms with Gasteiger partial charge in [-0.3, -0.25) is 5.32 Å². The van der Waals surface area contributed by atoms with Gasteiger partial charge in [0.15, 0.2) is 0 Å². The largest absolute Gasteiger partial charge is 0.506 e. The zero-order valence-electron chi connectivity index (χ0n) is 14.5. The van der Waals surface area contributed by atoms with Crippen LogP contribution in [-0.4, -0.2) is 61.3 Å². The SMILES string of the molecule is CN(C)c1ccc(NC(=O)N2CCN(c3ccccc3O)CC2)nc1. The van der Waals surface area contributed by atoms with Gasteiger partial charge in [-0.05, 0) is 24.3 Å². The molecule has 1 aromatic heterocycles. The molecule has 0 spiro atoms. The van der Waals surface area contributed by atoms with Gasteiger partial charge in [-0.25, -0.2) is 9.78 Å². The fourth-order valence-corrected chi connectivity index (χ4v) is 2.80. The third-order valence-corrected chi connectivity index (χ3v) is 4.29. The molecule has 1 saturated heterocycles. The molecule has 0 saturated carbocycles. The number of nitrogens with zero attached hydrogens (tertiary/aromatic N) is 4. The summed E-state index contributed by atoms with van der Waals surface area (Å²) in [6.07, 6.45) is 1.73. The molecule has 1 aliphatic heterocycles. The van der Waals surface area contributed by atoms with Gasteiger partial charge < -0.3 is 19.8 Å². The summed E-state index contributed by atoms with van der Waals surface area (Å²) in [5, 5.41) is 12.8. The number of urea groups is 1. The maximum atomic E-state index is 12.4. The van der Waals surface area contributed by atoms with Crippen LogP contribution in [0.15, 0.2) is 42.6 Å². The third kappa shape index (κ3) is 3.93. The van der Waals surface area contributed by atoms with Gasteiger partial charge in [0.05, 0.1) is 17.6 Å². The number of pyridine rings is 1. The van der Waals surface area contributed by atoms with Crippen molar-refractivity contribution in [3.8, 4) is 5.75 Å². The Kier molecular flexibility index (Phi) is 4.92. The van der Waals surface area contributed by atoms with Crippen LogP contribution in [-0.2, 0) is 0 Å². The van der Waals surface area contributed by atoms with E-state index in [4.69, 9.17) is 0 Å². The molecule has 0 aliphatic carbocycles. The first-order valence-corrected chi connectivity index (χ1v) is 8.27. The summed E-state index contributed by atoms with van der Waals surface area (Å²) < 4.78 is 0. The van der Waals surface area contributed by atoms with Crippen molar-refractivity contribution in [2.24, 2.45) is 0 Å². The minimum Gasteiger partial charge on any atom is -0.506 e. The Labute approximate surface area is 147 Å². The molecule has 2 amide bonds. The van der Waals surface area contributed by atoms with Crippen molar-refractivity contribution in [3.05, 3.63) is 42.6 Å². The summed E-state index contributed by atoms with van der Waals surface area (Å²) in [5.74, 6) is 0.810. The molecule has 7 nitrogen and oxygen atoms in total. The molecule has 0 unspecified atom stereocenters. The van der Waals surface area contributed by atoms with Crippen molar-refractivity contribution in [3.63, 3.8) is 0 Å². The molecule has 0 bridgehead atoms. The molecule has 1 aliphatic rings. The van der Waals surface area contributed by atoms with Gasteiger partial charge in [-0.2, -0.15) is 0 Å². The molecule has 3 rings (SSSR count). The van der Waals surface area contributed by atoms with Crippen LogP contribution in [0.2, 0.25) is 0 Å². The number of carbonyl (C=O) groups excluding carboxylic acids is 1. The number of aromatic nitrogens is 1. The highest BCUT2D eigenvalue weighted by atomic mass is 16.3. The summed E-state index contributed by atoms with van der Waals surface area (Å²) in [5.41, 5.74) is 1.79. The van der Waals surface area contributed by atoms with Crippen molar-refractivity contribution in [1.29, 1.82) is 0 Å². The number of hydrogen-bond acceptors (Lipinski definition) is 5. The van der Waals surface area contributed by atoms with Crippen LogP contribution in [0.5, 0.6) is 5.75 Å². The molecule has 1 aromatic carbocycles. The van der Waals surface area contributed by atoms with E-state index in [2.05, 4.69) is 15.2 Å². The predicted molar refractivity (Wildman–Crippen MR) is 99.5 cm³/mol. The number of benzene rings is 1. The first kappa shape index (κ1) is 16.9. The smallest absolute Gasteiger partial charge is 0.323 e. The van der Waals surface area contributed by atoms with Gasteiger partial charge in [0, 0.05) is 40.3 Å². The normalized spacial score (nSPS) is 14.3. The highest BCUT2D eigenvalue weighted by molar-refractivity contribution is 5.88. The highest BCUT2D eigenvalue weighted by Crippen LogP contribution is 2.27. The van der Waals surface area contributed by atoms with E-state index in [-0.39, 0.29) is 11.8 Å². The predicted octanol–water partition coefficient (Wildman–Crippen LogP) is 2.21. The number of nitrogens with one attached hydrogen (secondary N) is 1. The number of aromatic hydroxyl groups is 1. The van der Waals surface area contributed by atoms with Gasteiger partial charge in [0.25, 0.3) is 0 Å². The fourth-order valence-electron chi connectivity index (χ4n) is 2.80. The molecule has 7 heteroatoms. The van der Waals surface area contributed by atoms with Crippen molar-refractivity contribution in [2.75, 3.05) is 55.4 Å². The zero-order valence-corrected chi connectivity index (χ0v) is 14.5. The van der Waals surface area contributed by atoms with Gasteiger partial charge in [-0.1, -0.05) is 12.1 Å². The van der Waals surface area contributed by atoms with Gasteiger partial charge in [-0.15, -0.1) is 0 Å². The van der Waals surface area contributed by atoms with E-state index in [0.717, 1.165) is 11.4 Å². The maximum absolute atomic E-state index is 12.4. The summed E-state index contributed by atoms with van der Waals surface area (Å²) in [4.78, 5) is 22.5. The minimum absolute atomic E-state index is 0.151. The van der Waals surface area contributed by atoms with Crippen molar-refractivity contribution >= 4 is 23.2 Å². The average Bonchev–Trinajstić information content (AvgIpc) is 2.63. The second kappa shape index (κ2) is 7.29. The topological polar surface area (TPSA) is 71.9 Å². The quantitative estimate of drug-likeness (QED) is 0.896. The molecule has 2 N–H and O–H groups in total. The van der Waals surface area contributed by atoms with Crippen LogP contribution in [0.25, 0.3) is 0 Å². The number of para-hydroxylation sites is 2. The van der Waals surface area contributed by atoms with E-state index >= 15 is 0 Å². The first-order valence-electron chi connectivity index (χ1n) is 8.27. The van der Waals surface area contributed by atoms with Crippen LogP contribution in [0, 0.1) is 0 Å². The Morgan fingerprint density at radius 2 is 1.84 bits per heavy atom. The summed E-state index contributed by atoms with van der Waals surface area (Å²) >= 11 is 0. The lowest BCUT2D eigenvalue weighted by Gasteiger charge is -2.36. The second-order valence-corrected chi connectivity index (χ2v) is 6.19. The Morgan fingerprint density at radius 1 is 1.12 bits per heavy atom. The third-order valence-electron chi connectivity index (χ3n) is 4.29. The molecule has 132 valence electrons. The molecule has 2 heterocycles. The number of amides is 2. The fraction of sp³-hybridized carbons (Fsp3) is 0.333. The minimum atomic E-state index is -0.151. The lowest BCUT2D eigenvalue weighted by atomic mass is 10.2. The van der Waals surface area contributed by atoms with Gasteiger partial charge in [0.2, 0.25) is 0 Å². The van der Waals surface area contributed by atoms with Crippen LogP contribution in [0.4, 0.5) is 22.0 Å². The highest BCUT2D eigenvalue weighted by Gasteiger charge is 2.22. The van der Waals surface area contributed by atoms with E-state index < -0.39 is 0 Å². The van der Waals surface area contributed by atoms with Crippen LogP contribution >= 0.6 is 0 Å². The molecule has 0 radical (unpaired) electrons. The van der Waals surface area contributed by atoms with E-state index in [1.807, 2.05) is 37.2 Å². The molecule has 2 aromatic rings. The first-order chi connectivity index (χ1) is 12.0. The second-order valence-electron chi connectivity index (χ2n) is 6.19. The summed E-state index contributed by atoms with van der Waals surface area (Å²) in [7, 11) is 3.89. The molecule has 1 fully saturated rings. The number of phenols is 1. The Bertz CT molecular complexity index is 725. The molecule has 25 heavy (non-hydrogen) atoms. The summed E-state index contributed by atoms with van der Waals surface area (Å²) in [6.45, 7) is 2.54. The monoisotopic (exact) mass is 341 g/mol. The van der Waals surface area contributed by atoms with Crippen LogP contribution < -0.4 is 15.1 Å². The lowest BCUT2D eigenvalue weighted by Crippen LogP contribution is -2.50. The summed E-state index contributed by atoms with van der Waals surface area (Å²) in [6, 6.07) is 10.8. The van der Waals surface area contributed by atoms with Crippen molar-refractivity contribution in [2.45, 2.75) is 0 Å². The number of piperazine rings is 1. The Balaban J connectivity index is 1.55. The van der Waals surface area contributed by atoms with Crippen LogP contribution in [0.3, 0.4) is 0 Å².